The number of halogens is 1. The van der Waals surface area contributed by atoms with E-state index in [0.29, 0.717) is 6.42 Å². The molecule has 0 fully saturated rings. The number of rotatable bonds is 4. The molecule has 0 aromatic heterocycles. The number of carbonyl (C=O) groups is 1. The average Bonchev–Trinajstić information content (AvgIpc) is 2.16. The Morgan fingerprint density at radius 3 is 2.43 bits per heavy atom. The fraction of sp³-hybridized carbons (Fsp3) is 0.364. The number of hydrogen-bond acceptors (Lipinski definition) is 2. The maximum atomic E-state index is 12.6. The van der Waals surface area contributed by atoms with Crippen LogP contribution in [0.5, 0.6) is 0 Å². The van der Waals surface area contributed by atoms with Gasteiger partial charge in [0.1, 0.15) is 11.6 Å². The normalized spacial score (nSPS) is 12.5. The predicted molar refractivity (Wildman–Crippen MR) is 53.6 cm³/mol. The number of hydrogen-bond donors (Lipinski definition) is 1. The van der Waals surface area contributed by atoms with Crippen molar-refractivity contribution in [3.8, 4) is 0 Å². The fourth-order valence-corrected chi connectivity index (χ4v) is 1.31. The van der Waals surface area contributed by atoms with E-state index in [4.69, 9.17) is 0 Å². The summed E-state index contributed by atoms with van der Waals surface area (Å²) >= 11 is 0. The fourth-order valence-electron chi connectivity index (χ4n) is 1.31. The van der Waals surface area contributed by atoms with Crippen LogP contribution in [-0.4, -0.2) is 18.9 Å². The molecule has 76 valence electrons. The summed E-state index contributed by atoms with van der Waals surface area (Å²) in [6.07, 6.45) is 0.603. The zero-order valence-electron chi connectivity index (χ0n) is 8.38. The van der Waals surface area contributed by atoms with Crippen LogP contribution >= 0.6 is 0 Å². The lowest BCUT2D eigenvalue weighted by Gasteiger charge is -2.12. The first-order chi connectivity index (χ1) is 6.63. The first-order valence-corrected chi connectivity index (χ1v) is 4.55. The van der Waals surface area contributed by atoms with Crippen molar-refractivity contribution < 1.29 is 9.18 Å². The Labute approximate surface area is 83.1 Å². The molecule has 0 unspecified atom stereocenters. The smallest absolute Gasteiger partial charge is 0.147 e. The molecule has 0 saturated carbocycles. The molecule has 1 aromatic carbocycles. The number of nitrogens with one attached hydrogen (secondary N) is 1. The Morgan fingerprint density at radius 2 is 2.00 bits per heavy atom. The topological polar surface area (TPSA) is 29.1 Å². The number of carbonyl (C=O) groups excluding carboxylic acids is 1. The molecule has 3 heteroatoms. The van der Waals surface area contributed by atoms with Gasteiger partial charge in [-0.2, -0.15) is 0 Å². The molecule has 0 radical (unpaired) electrons. The van der Waals surface area contributed by atoms with Gasteiger partial charge < -0.3 is 5.32 Å². The van der Waals surface area contributed by atoms with E-state index in [2.05, 4.69) is 5.32 Å². The molecule has 0 amide bonds. The second-order valence-electron chi connectivity index (χ2n) is 3.28. The van der Waals surface area contributed by atoms with Gasteiger partial charge in [-0.1, -0.05) is 12.1 Å². The third-order valence-corrected chi connectivity index (χ3v) is 2.19. The summed E-state index contributed by atoms with van der Waals surface area (Å²) in [6.45, 7) is 1.55. The summed E-state index contributed by atoms with van der Waals surface area (Å²) in [6, 6.07) is 6.02. The highest BCUT2D eigenvalue weighted by molar-refractivity contribution is 5.81. The van der Waals surface area contributed by atoms with Crippen LogP contribution in [-0.2, 0) is 11.2 Å². The zero-order chi connectivity index (χ0) is 10.6. The summed E-state index contributed by atoms with van der Waals surface area (Å²) < 4.78 is 12.6. The average molecular weight is 195 g/mol. The zero-order valence-corrected chi connectivity index (χ0v) is 8.38. The minimum Gasteiger partial charge on any atom is -0.310 e. The largest absolute Gasteiger partial charge is 0.310 e. The summed E-state index contributed by atoms with van der Waals surface area (Å²) in [5.41, 5.74) is 0.959. The van der Waals surface area contributed by atoms with E-state index < -0.39 is 0 Å². The van der Waals surface area contributed by atoms with Crippen molar-refractivity contribution >= 4 is 5.78 Å². The van der Waals surface area contributed by atoms with Gasteiger partial charge in [0, 0.05) is 0 Å². The predicted octanol–water partition coefficient (Wildman–Crippen LogP) is 1.55. The first kappa shape index (κ1) is 10.9. The van der Waals surface area contributed by atoms with Crippen LogP contribution in [0.1, 0.15) is 12.5 Å². The Kier molecular flexibility index (Phi) is 3.77. The molecular formula is C11H14FNO. The molecule has 2 nitrogen and oxygen atoms in total. The SMILES string of the molecule is CN[C@@H](Cc1ccc(F)cc1)C(C)=O. The Balaban J connectivity index is 2.67. The van der Waals surface area contributed by atoms with E-state index in [1.807, 2.05) is 0 Å². The Bertz CT molecular complexity index is 308. The van der Waals surface area contributed by atoms with E-state index in [-0.39, 0.29) is 17.6 Å². The lowest BCUT2D eigenvalue weighted by Crippen LogP contribution is -2.34. The molecule has 0 aliphatic rings. The second-order valence-corrected chi connectivity index (χ2v) is 3.28. The van der Waals surface area contributed by atoms with Gasteiger partial charge in [0.05, 0.1) is 6.04 Å². The molecule has 1 N–H and O–H groups in total. The highest BCUT2D eigenvalue weighted by atomic mass is 19.1. The van der Waals surface area contributed by atoms with Crippen LogP contribution in [0.4, 0.5) is 4.39 Å². The molecule has 14 heavy (non-hydrogen) atoms. The van der Waals surface area contributed by atoms with Gasteiger partial charge in [-0.15, -0.1) is 0 Å². The van der Waals surface area contributed by atoms with E-state index in [1.54, 1.807) is 26.1 Å². The third kappa shape index (κ3) is 2.92. The Hall–Kier alpha value is -1.22. The summed E-state index contributed by atoms with van der Waals surface area (Å²) in [5.74, 6) is -0.158. The van der Waals surface area contributed by atoms with E-state index in [0.717, 1.165) is 5.56 Å². The van der Waals surface area contributed by atoms with Gasteiger partial charge in [-0.25, -0.2) is 4.39 Å². The van der Waals surface area contributed by atoms with Crippen LogP contribution in [0.3, 0.4) is 0 Å². The van der Waals surface area contributed by atoms with Crippen LogP contribution < -0.4 is 5.32 Å². The van der Waals surface area contributed by atoms with Gasteiger partial charge in [0.2, 0.25) is 0 Å². The number of likely N-dealkylation sites (N-methyl/N-ethyl adjacent to an activating group) is 1. The van der Waals surface area contributed by atoms with Gasteiger partial charge in [-0.05, 0) is 38.1 Å². The monoisotopic (exact) mass is 195 g/mol. The number of benzene rings is 1. The van der Waals surface area contributed by atoms with Crippen LogP contribution in [0.2, 0.25) is 0 Å². The van der Waals surface area contributed by atoms with Gasteiger partial charge in [-0.3, -0.25) is 4.79 Å². The minimum atomic E-state index is -0.252. The van der Waals surface area contributed by atoms with Crippen molar-refractivity contribution in [2.24, 2.45) is 0 Å². The standard InChI is InChI=1S/C11H14FNO/c1-8(14)11(13-2)7-9-3-5-10(12)6-4-9/h3-6,11,13H,7H2,1-2H3/t11-/m0/s1. The first-order valence-electron chi connectivity index (χ1n) is 4.55. The quantitative estimate of drug-likeness (QED) is 0.789. The van der Waals surface area contributed by atoms with Crippen molar-refractivity contribution in [2.75, 3.05) is 7.05 Å². The van der Waals surface area contributed by atoms with Crippen molar-refractivity contribution in [2.45, 2.75) is 19.4 Å². The van der Waals surface area contributed by atoms with Crippen LogP contribution in [0.25, 0.3) is 0 Å². The van der Waals surface area contributed by atoms with Gasteiger partial charge >= 0.3 is 0 Å². The molecular weight excluding hydrogens is 181 g/mol. The minimum absolute atomic E-state index is 0.0943. The van der Waals surface area contributed by atoms with Gasteiger partial charge in [0.15, 0.2) is 0 Å². The molecule has 0 aliphatic heterocycles. The molecule has 1 rings (SSSR count). The third-order valence-electron chi connectivity index (χ3n) is 2.19. The van der Waals surface area contributed by atoms with Crippen molar-refractivity contribution in [1.82, 2.24) is 5.32 Å². The molecule has 1 aromatic rings. The number of Topliss-reactive ketones (excluding diaryl/α,β-unsaturated/α-hetero) is 1. The lowest BCUT2D eigenvalue weighted by molar-refractivity contribution is -0.118. The molecule has 1 atom stereocenters. The summed E-state index contributed by atoms with van der Waals surface area (Å²) in [4.78, 5) is 11.1. The van der Waals surface area contributed by atoms with E-state index >= 15 is 0 Å². The highest BCUT2D eigenvalue weighted by Gasteiger charge is 2.11. The van der Waals surface area contributed by atoms with E-state index in [1.165, 1.54) is 12.1 Å². The maximum Gasteiger partial charge on any atom is 0.147 e. The molecule has 0 heterocycles. The van der Waals surface area contributed by atoms with Crippen molar-refractivity contribution in [1.29, 1.82) is 0 Å². The van der Waals surface area contributed by atoms with E-state index in [9.17, 15) is 9.18 Å². The van der Waals surface area contributed by atoms with Crippen molar-refractivity contribution in [3.05, 3.63) is 35.6 Å². The highest BCUT2D eigenvalue weighted by Crippen LogP contribution is 2.06. The van der Waals surface area contributed by atoms with Crippen LogP contribution in [0.15, 0.2) is 24.3 Å². The Morgan fingerprint density at radius 1 is 1.43 bits per heavy atom. The molecule has 0 aliphatic carbocycles. The summed E-state index contributed by atoms with van der Waals surface area (Å²) in [7, 11) is 1.75. The van der Waals surface area contributed by atoms with Crippen LogP contribution in [0, 0.1) is 5.82 Å². The van der Waals surface area contributed by atoms with Gasteiger partial charge in [0.25, 0.3) is 0 Å². The molecule has 0 spiro atoms. The second kappa shape index (κ2) is 4.86. The maximum absolute atomic E-state index is 12.6. The number of ketones is 1. The lowest BCUT2D eigenvalue weighted by atomic mass is 10.0. The summed E-state index contributed by atoms with van der Waals surface area (Å²) in [5, 5.41) is 2.92. The molecule has 0 bridgehead atoms. The van der Waals surface area contributed by atoms with Crippen molar-refractivity contribution in [3.63, 3.8) is 0 Å². The molecule has 0 saturated heterocycles.